The lowest BCUT2D eigenvalue weighted by atomic mass is 9.91. The van der Waals surface area contributed by atoms with Gasteiger partial charge in [0.2, 0.25) is 5.91 Å². The van der Waals surface area contributed by atoms with Gasteiger partial charge < -0.3 is 14.1 Å². The van der Waals surface area contributed by atoms with Crippen LogP contribution in [0.5, 0.6) is 0 Å². The number of rotatable bonds is 6. The van der Waals surface area contributed by atoms with Crippen molar-refractivity contribution in [1.82, 2.24) is 4.90 Å². The SMILES string of the molecule is CC(C)(C)[Si](C)(C)O[C@H]1CCCC[C@@H]1N1C[C@H](OCc2ccccc2)CC1=O. The number of hydrogen-bond acceptors (Lipinski definition) is 3. The van der Waals surface area contributed by atoms with E-state index in [0.717, 1.165) is 18.4 Å². The molecular weight excluding hydrogens is 366 g/mol. The molecule has 2 aliphatic rings. The Labute approximate surface area is 171 Å². The van der Waals surface area contributed by atoms with Crippen molar-refractivity contribution >= 4 is 14.2 Å². The fourth-order valence-corrected chi connectivity index (χ4v) is 5.43. The Kier molecular flexibility index (Phi) is 6.67. The summed E-state index contributed by atoms with van der Waals surface area (Å²) in [6.45, 7) is 12.8. The first-order valence-corrected chi connectivity index (χ1v) is 13.7. The van der Waals surface area contributed by atoms with Gasteiger partial charge in [-0.05, 0) is 36.5 Å². The number of amides is 1. The second kappa shape index (κ2) is 8.68. The molecule has 1 saturated heterocycles. The van der Waals surface area contributed by atoms with Gasteiger partial charge in [-0.25, -0.2) is 0 Å². The highest BCUT2D eigenvalue weighted by atomic mass is 28.4. The molecule has 1 aromatic carbocycles. The summed E-state index contributed by atoms with van der Waals surface area (Å²) < 4.78 is 12.9. The summed E-state index contributed by atoms with van der Waals surface area (Å²) in [7, 11) is -1.85. The van der Waals surface area contributed by atoms with Crippen LogP contribution in [0.1, 0.15) is 58.4 Å². The molecule has 0 N–H and O–H groups in total. The number of likely N-dealkylation sites (tertiary alicyclic amines) is 1. The van der Waals surface area contributed by atoms with Crippen molar-refractivity contribution in [3.63, 3.8) is 0 Å². The average molecular weight is 404 g/mol. The number of benzene rings is 1. The molecule has 1 saturated carbocycles. The summed E-state index contributed by atoms with van der Waals surface area (Å²) in [6.07, 6.45) is 5.16. The Balaban J connectivity index is 1.62. The summed E-state index contributed by atoms with van der Waals surface area (Å²) in [4.78, 5) is 14.9. The lowest BCUT2D eigenvalue weighted by Crippen LogP contribution is -2.53. The lowest BCUT2D eigenvalue weighted by molar-refractivity contribution is -0.132. The van der Waals surface area contributed by atoms with Crippen LogP contribution in [0.15, 0.2) is 30.3 Å². The third-order valence-electron chi connectivity index (χ3n) is 6.77. The predicted molar refractivity (Wildman–Crippen MR) is 116 cm³/mol. The summed E-state index contributed by atoms with van der Waals surface area (Å²) >= 11 is 0. The summed E-state index contributed by atoms with van der Waals surface area (Å²) in [5.41, 5.74) is 1.16. The van der Waals surface area contributed by atoms with E-state index in [-0.39, 0.29) is 29.2 Å². The highest BCUT2D eigenvalue weighted by Crippen LogP contribution is 2.40. The second-order valence-corrected chi connectivity index (χ2v) is 14.7. The van der Waals surface area contributed by atoms with Gasteiger partial charge in [0.25, 0.3) is 0 Å². The zero-order chi connectivity index (χ0) is 20.4. The van der Waals surface area contributed by atoms with Crippen LogP contribution in [0.3, 0.4) is 0 Å². The van der Waals surface area contributed by atoms with E-state index in [0.29, 0.717) is 19.6 Å². The molecule has 0 unspecified atom stereocenters. The number of nitrogens with zero attached hydrogens (tertiary/aromatic N) is 1. The number of hydrogen-bond donors (Lipinski definition) is 0. The summed E-state index contributed by atoms with van der Waals surface area (Å²) in [5.74, 6) is 0.230. The normalized spacial score (nSPS) is 26.7. The van der Waals surface area contributed by atoms with Gasteiger partial charge in [0.1, 0.15) is 0 Å². The molecule has 0 radical (unpaired) electrons. The maximum atomic E-state index is 12.8. The Morgan fingerprint density at radius 1 is 1.11 bits per heavy atom. The monoisotopic (exact) mass is 403 g/mol. The molecule has 4 nitrogen and oxygen atoms in total. The van der Waals surface area contributed by atoms with Gasteiger partial charge in [0, 0.05) is 6.54 Å². The van der Waals surface area contributed by atoms with Crippen molar-refractivity contribution in [2.45, 2.75) is 95.9 Å². The molecule has 0 bridgehead atoms. The van der Waals surface area contributed by atoms with Crippen molar-refractivity contribution < 1.29 is 14.0 Å². The molecule has 3 rings (SSSR count). The number of carbonyl (C=O) groups excluding carboxylic acids is 1. The van der Waals surface area contributed by atoms with E-state index < -0.39 is 8.32 Å². The molecule has 3 atom stereocenters. The third-order valence-corrected chi connectivity index (χ3v) is 11.3. The molecule has 1 aliphatic heterocycles. The van der Waals surface area contributed by atoms with Crippen molar-refractivity contribution in [1.29, 1.82) is 0 Å². The van der Waals surface area contributed by atoms with E-state index >= 15 is 0 Å². The Morgan fingerprint density at radius 2 is 1.79 bits per heavy atom. The summed E-state index contributed by atoms with van der Waals surface area (Å²) in [5, 5.41) is 0.186. The van der Waals surface area contributed by atoms with Crippen molar-refractivity contribution in [2.75, 3.05) is 6.54 Å². The van der Waals surface area contributed by atoms with Gasteiger partial charge in [-0.3, -0.25) is 4.79 Å². The predicted octanol–water partition coefficient (Wildman–Crippen LogP) is 5.14. The zero-order valence-electron chi connectivity index (χ0n) is 18.2. The smallest absolute Gasteiger partial charge is 0.225 e. The van der Waals surface area contributed by atoms with Crippen LogP contribution in [0.2, 0.25) is 18.1 Å². The van der Waals surface area contributed by atoms with Gasteiger partial charge in [-0.1, -0.05) is 63.9 Å². The Morgan fingerprint density at radius 3 is 2.46 bits per heavy atom. The average Bonchev–Trinajstić information content (AvgIpc) is 3.01. The summed E-state index contributed by atoms with van der Waals surface area (Å²) in [6, 6.07) is 10.4. The first-order chi connectivity index (χ1) is 13.2. The highest BCUT2D eigenvalue weighted by Gasteiger charge is 2.45. The van der Waals surface area contributed by atoms with Crippen LogP contribution in [-0.4, -0.2) is 43.9 Å². The quantitative estimate of drug-likeness (QED) is 0.618. The molecule has 1 heterocycles. The van der Waals surface area contributed by atoms with Crippen molar-refractivity contribution in [3.8, 4) is 0 Å². The molecule has 1 aromatic rings. The molecule has 0 spiro atoms. The van der Waals surface area contributed by atoms with Crippen LogP contribution in [0.25, 0.3) is 0 Å². The van der Waals surface area contributed by atoms with Gasteiger partial charge in [0.05, 0.1) is 31.3 Å². The lowest BCUT2D eigenvalue weighted by Gasteiger charge is -2.45. The molecule has 1 aliphatic carbocycles. The third kappa shape index (κ3) is 5.05. The van der Waals surface area contributed by atoms with Crippen LogP contribution >= 0.6 is 0 Å². The van der Waals surface area contributed by atoms with Crippen molar-refractivity contribution in [3.05, 3.63) is 35.9 Å². The molecule has 1 amide bonds. The van der Waals surface area contributed by atoms with Gasteiger partial charge >= 0.3 is 0 Å². The minimum Gasteiger partial charge on any atom is -0.412 e. The van der Waals surface area contributed by atoms with E-state index in [4.69, 9.17) is 9.16 Å². The van der Waals surface area contributed by atoms with E-state index in [2.05, 4.69) is 50.9 Å². The standard InChI is InChI=1S/C23H37NO3Si/c1-23(2,3)28(4,5)27-21-14-10-9-13-20(21)24-16-19(15-22(24)25)26-17-18-11-7-6-8-12-18/h6-8,11-12,19-21H,9-10,13-17H2,1-5H3/t19-,20+,21+/m1/s1. The zero-order valence-corrected chi connectivity index (χ0v) is 19.2. The molecule has 28 heavy (non-hydrogen) atoms. The van der Waals surface area contributed by atoms with E-state index in [1.54, 1.807) is 0 Å². The van der Waals surface area contributed by atoms with Gasteiger partial charge in [-0.2, -0.15) is 0 Å². The van der Waals surface area contributed by atoms with Crippen LogP contribution in [-0.2, 0) is 20.6 Å². The van der Waals surface area contributed by atoms with Crippen molar-refractivity contribution in [2.24, 2.45) is 0 Å². The van der Waals surface area contributed by atoms with Crippen LogP contribution in [0.4, 0.5) is 0 Å². The van der Waals surface area contributed by atoms with E-state index in [1.165, 1.54) is 12.8 Å². The first-order valence-electron chi connectivity index (χ1n) is 10.8. The van der Waals surface area contributed by atoms with Gasteiger partial charge in [0.15, 0.2) is 8.32 Å². The second-order valence-electron chi connectivity index (χ2n) is 9.94. The molecule has 2 fully saturated rings. The first kappa shape index (κ1) is 21.5. The molecule has 5 heteroatoms. The highest BCUT2D eigenvalue weighted by molar-refractivity contribution is 6.74. The molecular formula is C23H37NO3Si. The maximum Gasteiger partial charge on any atom is 0.225 e. The Hall–Kier alpha value is -1.17. The number of ether oxygens (including phenoxy) is 1. The minimum absolute atomic E-state index is 0.0110. The molecule has 156 valence electrons. The van der Waals surface area contributed by atoms with Gasteiger partial charge in [-0.15, -0.1) is 0 Å². The van der Waals surface area contributed by atoms with Crippen LogP contribution < -0.4 is 0 Å². The number of carbonyl (C=O) groups is 1. The maximum absolute atomic E-state index is 12.8. The topological polar surface area (TPSA) is 38.8 Å². The van der Waals surface area contributed by atoms with Crippen LogP contribution in [0, 0.1) is 0 Å². The molecule has 0 aromatic heterocycles. The largest absolute Gasteiger partial charge is 0.412 e. The van der Waals surface area contributed by atoms with E-state index in [9.17, 15) is 4.79 Å². The van der Waals surface area contributed by atoms with E-state index in [1.807, 2.05) is 18.2 Å². The Bertz CT molecular complexity index is 656. The fourth-order valence-electron chi connectivity index (χ4n) is 4.04. The minimum atomic E-state index is -1.85. The fraction of sp³-hybridized carbons (Fsp3) is 0.696.